The molecule has 1 N–H and O–H groups in total. The minimum atomic E-state index is 0.609. The molecule has 0 unspecified atom stereocenters. The molecule has 0 aliphatic carbocycles. The Hall–Kier alpha value is -1.69. The number of nitrogens with one attached hydrogen (secondary N) is 1. The molecule has 0 aliphatic heterocycles. The number of rotatable bonds is 5. The molecule has 96 valence electrons. The van der Waals surface area contributed by atoms with Crippen LogP contribution in [0.4, 0.5) is 5.82 Å². The molecular weight excluding hydrogens is 248 g/mol. The van der Waals surface area contributed by atoms with E-state index in [1.54, 1.807) is 18.4 Å². The van der Waals surface area contributed by atoms with Crippen molar-refractivity contribution < 1.29 is 4.74 Å². The maximum Gasteiger partial charge on any atom is 0.221 e. The number of nitrogens with zero attached hydrogens (tertiary/aromatic N) is 3. The lowest BCUT2D eigenvalue weighted by atomic mass is 10.3. The second-order valence-corrected chi connectivity index (χ2v) is 4.86. The standard InChI is InChI=1S/C12H16N4OS/c1-8-6-18-10(16-8)4-5-13-11-9(2)12(17-3)15-7-14-11/h6-7H,4-5H2,1-3H3,(H,13,14,15). The van der Waals surface area contributed by atoms with Crippen LogP contribution in [-0.4, -0.2) is 28.6 Å². The van der Waals surface area contributed by atoms with E-state index in [1.807, 2.05) is 13.8 Å². The average molecular weight is 264 g/mol. The van der Waals surface area contributed by atoms with Crippen LogP contribution in [0.3, 0.4) is 0 Å². The molecule has 0 amide bonds. The number of hydrogen-bond acceptors (Lipinski definition) is 6. The van der Waals surface area contributed by atoms with Gasteiger partial charge in [0.15, 0.2) is 0 Å². The molecule has 6 heteroatoms. The van der Waals surface area contributed by atoms with Crippen molar-refractivity contribution in [3.05, 3.63) is 28.0 Å². The van der Waals surface area contributed by atoms with E-state index in [-0.39, 0.29) is 0 Å². The first-order valence-electron chi connectivity index (χ1n) is 5.71. The van der Waals surface area contributed by atoms with Crippen LogP contribution in [0.25, 0.3) is 0 Å². The third kappa shape index (κ3) is 2.95. The fourth-order valence-corrected chi connectivity index (χ4v) is 2.40. The van der Waals surface area contributed by atoms with Crippen molar-refractivity contribution in [2.24, 2.45) is 0 Å². The number of methoxy groups -OCH3 is 1. The summed E-state index contributed by atoms with van der Waals surface area (Å²) in [7, 11) is 1.61. The third-order valence-corrected chi connectivity index (χ3v) is 3.56. The molecule has 0 atom stereocenters. The second-order valence-electron chi connectivity index (χ2n) is 3.92. The number of thiazole rings is 1. The molecule has 0 aliphatic rings. The van der Waals surface area contributed by atoms with Crippen molar-refractivity contribution in [1.82, 2.24) is 15.0 Å². The Balaban J connectivity index is 1.94. The summed E-state index contributed by atoms with van der Waals surface area (Å²) in [6.45, 7) is 4.75. The Bertz CT molecular complexity index is 527. The van der Waals surface area contributed by atoms with E-state index in [9.17, 15) is 0 Å². The molecule has 0 saturated carbocycles. The van der Waals surface area contributed by atoms with Gasteiger partial charge in [-0.3, -0.25) is 0 Å². The maximum absolute atomic E-state index is 5.15. The van der Waals surface area contributed by atoms with Crippen molar-refractivity contribution in [3.63, 3.8) is 0 Å². The maximum atomic E-state index is 5.15. The molecule has 0 bridgehead atoms. The fraction of sp³-hybridized carbons (Fsp3) is 0.417. The van der Waals surface area contributed by atoms with E-state index in [4.69, 9.17) is 4.74 Å². The van der Waals surface area contributed by atoms with E-state index in [0.717, 1.165) is 35.0 Å². The number of anilines is 1. The first-order chi connectivity index (χ1) is 8.70. The van der Waals surface area contributed by atoms with Gasteiger partial charge >= 0.3 is 0 Å². The second kappa shape index (κ2) is 5.77. The van der Waals surface area contributed by atoms with E-state index >= 15 is 0 Å². The van der Waals surface area contributed by atoms with Gasteiger partial charge in [0.05, 0.1) is 17.7 Å². The van der Waals surface area contributed by atoms with E-state index in [2.05, 4.69) is 25.6 Å². The zero-order valence-corrected chi connectivity index (χ0v) is 11.5. The summed E-state index contributed by atoms with van der Waals surface area (Å²) < 4.78 is 5.15. The lowest BCUT2D eigenvalue weighted by Gasteiger charge is -2.09. The fourth-order valence-electron chi connectivity index (χ4n) is 1.62. The van der Waals surface area contributed by atoms with Gasteiger partial charge in [-0.05, 0) is 13.8 Å². The summed E-state index contributed by atoms with van der Waals surface area (Å²) >= 11 is 1.69. The van der Waals surface area contributed by atoms with Crippen molar-refractivity contribution in [3.8, 4) is 5.88 Å². The van der Waals surface area contributed by atoms with Crippen LogP contribution in [0.15, 0.2) is 11.7 Å². The van der Waals surface area contributed by atoms with Crippen LogP contribution < -0.4 is 10.1 Å². The quantitative estimate of drug-likeness (QED) is 0.897. The highest BCUT2D eigenvalue weighted by Crippen LogP contribution is 2.19. The van der Waals surface area contributed by atoms with Crippen LogP contribution >= 0.6 is 11.3 Å². The van der Waals surface area contributed by atoms with Gasteiger partial charge in [-0.2, -0.15) is 0 Å². The average Bonchev–Trinajstić information content (AvgIpc) is 2.77. The lowest BCUT2D eigenvalue weighted by Crippen LogP contribution is -2.08. The van der Waals surface area contributed by atoms with Crippen LogP contribution in [0.5, 0.6) is 5.88 Å². The van der Waals surface area contributed by atoms with E-state index in [0.29, 0.717) is 5.88 Å². The molecule has 2 heterocycles. The van der Waals surface area contributed by atoms with Crippen molar-refractivity contribution in [2.45, 2.75) is 20.3 Å². The monoisotopic (exact) mass is 264 g/mol. The zero-order chi connectivity index (χ0) is 13.0. The van der Waals surface area contributed by atoms with E-state index < -0.39 is 0 Å². The lowest BCUT2D eigenvalue weighted by molar-refractivity contribution is 0.393. The highest BCUT2D eigenvalue weighted by atomic mass is 32.1. The van der Waals surface area contributed by atoms with Gasteiger partial charge in [-0.25, -0.2) is 15.0 Å². The summed E-state index contributed by atoms with van der Waals surface area (Å²) in [5, 5.41) is 6.48. The molecule has 0 radical (unpaired) electrons. The highest BCUT2D eigenvalue weighted by Gasteiger charge is 2.06. The summed E-state index contributed by atoms with van der Waals surface area (Å²) in [4.78, 5) is 12.7. The van der Waals surface area contributed by atoms with Crippen LogP contribution in [0.2, 0.25) is 0 Å². The molecule has 0 spiro atoms. The summed E-state index contributed by atoms with van der Waals surface area (Å²) in [6, 6.07) is 0. The Morgan fingerprint density at radius 2 is 2.17 bits per heavy atom. The normalized spacial score (nSPS) is 10.4. The highest BCUT2D eigenvalue weighted by molar-refractivity contribution is 7.09. The first kappa shape index (κ1) is 12.8. The molecular formula is C12H16N4OS. The predicted molar refractivity (Wildman–Crippen MR) is 72.4 cm³/mol. The van der Waals surface area contributed by atoms with Crippen LogP contribution in [0.1, 0.15) is 16.3 Å². The summed E-state index contributed by atoms with van der Waals surface area (Å²) in [5.41, 5.74) is 2.00. The molecule has 0 aromatic carbocycles. The number of hydrogen-bond donors (Lipinski definition) is 1. The van der Waals surface area contributed by atoms with Crippen molar-refractivity contribution in [2.75, 3.05) is 19.0 Å². The van der Waals surface area contributed by atoms with Crippen LogP contribution in [-0.2, 0) is 6.42 Å². The SMILES string of the molecule is COc1ncnc(NCCc2nc(C)cs2)c1C. The molecule has 2 rings (SSSR count). The number of ether oxygens (including phenoxy) is 1. The molecule has 2 aromatic heterocycles. The van der Waals surface area contributed by atoms with Crippen molar-refractivity contribution >= 4 is 17.2 Å². The smallest absolute Gasteiger partial charge is 0.221 e. The third-order valence-electron chi connectivity index (χ3n) is 2.53. The van der Waals surface area contributed by atoms with Crippen molar-refractivity contribution in [1.29, 1.82) is 0 Å². The Labute approximate surface area is 110 Å². The summed E-state index contributed by atoms with van der Waals surface area (Å²) in [5.74, 6) is 1.42. The minimum Gasteiger partial charge on any atom is -0.481 e. The first-order valence-corrected chi connectivity index (χ1v) is 6.59. The van der Waals surface area contributed by atoms with Gasteiger partial charge in [0, 0.05) is 24.0 Å². The molecule has 18 heavy (non-hydrogen) atoms. The minimum absolute atomic E-state index is 0.609. The van der Waals surface area contributed by atoms with Gasteiger partial charge < -0.3 is 10.1 Å². The van der Waals surface area contributed by atoms with Gasteiger partial charge in [0.25, 0.3) is 0 Å². The molecule has 2 aromatic rings. The zero-order valence-electron chi connectivity index (χ0n) is 10.7. The Kier molecular flexibility index (Phi) is 4.09. The number of aryl methyl sites for hydroxylation is 1. The Morgan fingerprint density at radius 3 is 2.83 bits per heavy atom. The molecule has 5 nitrogen and oxygen atoms in total. The summed E-state index contributed by atoms with van der Waals surface area (Å²) in [6.07, 6.45) is 2.39. The molecule has 0 saturated heterocycles. The number of aromatic nitrogens is 3. The van der Waals surface area contributed by atoms with Gasteiger partial charge in [-0.15, -0.1) is 11.3 Å². The largest absolute Gasteiger partial charge is 0.481 e. The van der Waals surface area contributed by atoms with E-state index in [1.165, 1.54) is 6.33 Å². The Morgan fingerprint density at radius 1 is 1.33 bits per heavy atom. The van der Waals surface area contributed by atoms with Gasteiger partial charge in [-0.1, -0.05) is 0 Å². The molecule has 0 fully saturated rings. The topological polar surface area (TPSA) is 59.9 Å². The predicted octanol–water partition coefficient (Wildman–Crippen LogP) is 2.21. The van der Waals surface area contributed by atoms with Gasteiger partial charge in [0.1, 0.15) is 12.1 Å². The van der Waals surface area contributed by atoms with Crippen LogP contribution in [0, 0.1) is 13.8 Å². The van der Waals surface area contributed by atoms with Gasteiger partial charge in [0.2, 0.25) is 5.88 Å².